The molecule has 3 rings (SSSR count). The van der Waals surface area contributed by atoms with Crippen molar-refractivity contribution in [3.05, 3.63) is 59.2 Å². The molecule has 0 fully saturated rings. The lowest BCUT2D eigenvalue weighted by molar-refractivity contribution is 0.286. The summed E-state index contributed by atoms with van der Waals surface area (Å²) in [6.45, 7) is 7.18. The quantitative estimate of drug-likeness (QED) is 0.943. The molecule has 116 valence electrons. The van der Waals surface area contributed by atoms with E-state index in [1.807, 2.05) is 12.4 Å². The molecule has 1 atom stereocenters. The molecule has 4 nitrogen and oxygen atoms in total. The lowest BCUT2D eigenvalue weighted by atomic mass is 9.99. The van der Waals surface area contributed by atoms with Crippen LogP contribution in [0.15, 0.2) is 36.7 Å². The molecule has 0 radical (unpaired) electrons. The van der Waals surface area contributed by atoms with E-state index in [1.165, 1.54) is 17.0 Å². The van der Waals surface area contributed by atoms with Gasteiger partial charge in [-0.3, -0.25) is 9.66 Å². The Hall–Kier alpha value is -2.07. The largest absolute Gasteiger partial charge is 0.394 e. The van der Waals surface area contributed by atoms with Gasteiger partial charge in [0.25, 0.3) is 0 Å². The van der Waals surface area contributed by atoms with Crippen molar-refractivity contribution in [3.8, 4) is 0 Å². The Morgan fingerprint density at radius 3 is 2.77 bits per heavy atom. The molecule has 0 aromatic carbocycles. The van der Waals surface area contributed by atoms with E-state index < -0.39 is 0 Å². The van der Waals surface area contributed by atoms with E-state index in [0.29, 0.717) is 6.54 Å². The number of hydrogen-bond donors (Lipinski definition) is 1. The third-order valence-electron chi connectivity index (χ3n) is 4.22. The molecule has 1 N–H and O–H groups in total. The molecule has 4 heteroatoms. The van der Waals surface area contributed by atoms with E-state index in [2.05, 4.69) is 59.7 Å². The molecule has 0 amide bonds. The second kappa shape index (κ2) is 5.97. The minimum atomic E-state index is 0.153. The van der Waals surface area contributed by atoms with Crippen LogP contribution in [0, 0.1) is 6.92 Å². The molecule has 2 aromatic heterocycles. The second-order valence-electron chi connectivity index (χ2n) is 5.83. The predicted molar refractivity (Wildman–Crippen MR) is 89.5 cm³/mol. The summed E-state index contributed by atoms with van der Waals surface area (Å²) >= 11 is 0. The molecular formula is C18H23N3O. The lowest BCUT2D eigenvalue weighted by Gasteiger charge is -2.37. The van der Waals surface area contributed by atoms with E-state index in [0.717, 1.165) is 17.5 Å². The van der Waals surface area contributed by atoms with Crippen molar-refractivity contribution in [1.29, 1.82) is 0 Å². The van der Waals surface area contributed by atoms with Gasteiger partial charge in [-0.05, 0) is 44.0 Å². The number of fused-ring (bicyclic) bond motifs is 1. The van der Waals surface area contributed by atoms with Gasteiger partial charge in [-0.25, -0.2) is 0 Å². The van der Waals surface area contributed by atoms with Crippen LogP contribution in [0.5, 0.6) is 0 Å². The minimum Gasteiger partial charge on any atom is -0.394 e. The Morgan fingerprint density at radius 2 is 2.09 bits per heavy atom. The van der Waals surface area contributed by atoms with Crippen molar-refractivity contribution in [3.63, 3.8) is 0 Å². The van der Waals surface area contributed by atoms with Crippen molar-refractivity contribution in [2.24, 2.45) is 0 Å². The van der Waals surface area contributed by atoms with Gasteiger partial charge < -0.3 is 10.1 Å². The minimum absolute atomic E-state index is 0.153. The monoisotopic (exact) mass is 297 g/mol. The van der Waals surface area contributed by atoms with Gasteiger partial charge in [0.1, 0.15) is 0 Å². The first-order valence-corrected chi connectivity index (χ1v) is 7.88. The fourth-order valence-electron chi connectivity index (χ4n) is 3.19. The topological polar surface area (TPSA) is 41.3 Å². The van der Waals surface area contributed by atoms with Gasteiger partial charge in [0.05, 0.1) is 24.9 Å². The first kappa shape index (κ1) is 14.9. The number of aryl methyl sites for hydroxylation is 2. The Labute approximate surface area is 131 Å². The summed E-state index contributed by atoms with van der Waals surface area (Å²) < 4.78 is 2.26. The lowest BCUT2D eigenvalue weighted by Crippen LogP contribution is -2.47. The molecule has 3 heterocycles. The Morgan fingerprint density at radius 1 is 1.27 bits per heavy atom. The van der Waals surface area contributed by atoms with E-state index in [-0.39, 0.29) is 12.6 Å². The number of aliphatic hydroxyl groups is 1. The Balaban J connectivity index is 2.14. The van der Waals surface area contributed by atoms with E-state index in [1.54, 1.807) is 0 Å². The number of β-amino-alcohol motifs (C(OH)–C–C–N with tert-alkyl or cyclic N) is 1. The smallest absolute Gasteiger partial charge is 0.0702 e. The van der Waals surface area contributed by atoms with Crippen LogP contribution in [0.25, 0.3) is 5.57 Å². The number of aromatic nitrogens is 2. The maximum atomic E-state index is 9.40. The molecule has 0 saturated carbocycles. The van der Waals surface area contributed by atoms with E-state index >= 15 is 0 Å². The van der Waals surface area contributed by atoms with Crippen LogP contribution in [-0.4, -0.2) is 34.0 Å². The molecule has 1 unspecified atom stereocenters. The third kappa shape index (κ3) is 2.44. The van der Waals surface area contributed by atoms with Crippen LogP contribution < -0.4 is 5.01 Å². The fraction of sp³-hybridized carbons (Fsp3) is 0.389. The summed E-state index contributed by atoms with van der Waals surface area (Å²) in [7, 11) is 0. The van der Waals surface area contributed by atoms with Gasteiger partial charge >= 0.3 is 0 Å². The molecule has 1 aliphatic rings. The highest BCUT2D eigenvalue weighted by Gasteiger charge is 2.25. The summed E-state index contributed by atoms with van der Waals surface area (Å²) in [6.07, 6.45) is 7.04. The van der Waals surface area contributed by atoms with Crippen LogP contribution in [0.3, 0.4) is 0 Å². The molecule has 0 aliphatic carbocycles. The van der Waals surface area contributed by atoms with Gasteiger partial charge in [0.15, 0.2) is 0 Å². The summed E-state index contributed by atoms with van der Waals surface area (Å²) in [5.74, 6) is 0. The Kier molecular flexibility index (Phi) is 4.03. The van der Waals surface area contributed by atoms with Crippen LogP contribution >= 0.6 is 0 Å². The highest BCUT2D eigenvalue weighted by atomic mass is 16.3. The number of nitrogens with zero attached hydrogens (tertiary/aromatic N) is 3. The first-order chi connectivity index (χ1) is 10.7. The van der Waals surface area contributed by atoms with E-state index in [4.69, 9.17) is 0 Å². The third-order valence-corrected chi connectivity index (χ3v) is 4.22. The summed E-state index contributed by atoms with van der Waals surface area (Å²) in [5, 5.41) is 11.6. The van der Waals surface area contributed by atoms with Crippen molar-refractivity contribution < 1.29 is 5.11 Å². The van der Waals surface area contributed by atoms with Crippen molar-refractivity contribution in [1.82, 2.24) is 9.66 Å². The molecule has 0 bridgehead atoms. The molecular weight excluding hydrogens is 274 g/mol. The fourth-order valence-corrected chi connectivity index (χ4v) is 3.19. The molecule has 0 spiro atoms. The maximum Gasteiger partial charge on any atom is 0.0702 e. The highest BCUT2D eigenvalue weighted by Crippen LogP contribution is 2.31. The average Bonchev–Trinajstić information content (AvgIpc) is 2.93. The number of aliphatic hydroxyl groups excluding tert-OH is 1. The van der Waals surface area contributed by atoms with Gasteiger partial charge in [-0.15, -0.1) is 0 Å². The zero-order chi connectivity index (χ0) is 15.7. The van der Waals surface area contributed by atoms with Gasteiger partial charge in [-0.1, -0.05) is 13.0 Å². The van der Waals surface area contributed by atoms with Crippen molar-refractivity contribution in [2.45, 2.75) is 33.2 Å². The van der Waals surface area contributed by atoms with Gasteiger partial charge in [0.2, 0.25) is 0 Å². The van der Waals surface area contributed by atoms with Crippen molar-refractivity contribution >= 4 is 5.57 Å². The Bertz CT molecular complexity index is 702. The predicted octanol–water partition coefficient (Wildman–Crippen LogP) is 2.52. The summed E-state index contributed by atoms with van der Waals surface area (Å²) in [4.78, 5) is 4.34. The van der Waals surface area contributed by atoms with Crippen LogP contribution in [0.2, 0.25) is 0 Å². The zero-order valence-electron chi connectivity index (χ0n) is 13.5. The zero-order valence-corrected chi connectivity index (χ0v) is 13.5. The van der Waals surface area contributed by atoms with Crippen LogP contribution in [0.1, 0.15) is 36.4 Å². The number of hydrogen-bond acceptors (Lipinski definition) is 3. The van der Waals surface area contributed by atoms with Gasteiger partial charge in [-0.2, -0.15) is 0 Å². The summed E-state index contributed by atoms with van der Waals surface area (Å²) in [5.41, 5.74) is 5.98. The van der Waals surface area contributed by atoms with E-state index in [9.17, 15) is 5.11 Å². The average molecular weight is 297 g/mol. The maximum absolute atomic E-state index is 9.40. The molecule has 0 saturated heterocycles. The SMILES string of the molecule is CCc1ccc2n1N(CCO)C(C)C=C2c1cncc(C)c1. The standard InChI is InChI=1S/C18H23N3O/c1-4-16-5-6-18-17(15-9-13(2)11-19-12-15)10-14(3)20(7-8-22)21(16)18/h5-6,9-12,14,22H,4,7-8H2,1-3H3. The van der Waals surface area contributed by atoms with Gasteiger partial charge in [0, 0.05) is 29.2 Å². The summed E-state index contributed by atoms with van der Waals surface area (Å²) in [6, 6.07) is 6.75. The molecule has 2 aromatic rings. The number of pyridine rings is 1. The normalized spacial score (nSPS) is 17.4. The van der Waals surface area contributed by atoms with Crippen LogP contribution in [0.4, 0.5) is 0 Å². The molecule has 1 aliphatic heterocycles. The van der Waals surface area contributed by atoms with Crippen molar-refractivity contribution in [2.75, 3.05) is 18.2 Å². The second-order valence-corrected chi connectivity index (χ2v) is 5.83. The first-order valence-electron chi connectivity index (χ1n) is 7.88. The van der Waals surface area contributed by atoms with Crippen LogP contribution in [-0.2, 0) is 6.42 Å². The number of rotatable bonds is 4. The molecule has 22 heavy (non-hydrogen) atoms. The highest BCUT2D eigenvalue weighted by molar-refractivity contribution is 5.80.